The molecule has 220 valence electrons. The fourth-order valence-electron chi connectivity index (χ4n) is 4.16. The van der Waals surface area contributed by atoms with Crippen molar-refractivity contribution in [3.63, 3.8) is 0 Å². The average Bonchev–Trinajstić information content (AvgIpc) is 3.34. The number of aromatic nitrogens is 3. The molecule has 2 aromatic heterocycles. The summed E-state index contributed by atoms with van der Waals surface area (Å²) in [6.07, 6.45) is -2.22. The summed E-state index contributed by atoms with van der Waals surface area (Å²) in [4.78, 5) is 32.7. The van der Waals surface area contributed by atoms with Gasteiger partial charge in [0.05, 0.1) is 11.7 Å². The van der Waals surface area contributed by atoms with Gasteiger partial charge in [-0.05, 0) is 65.0 Å². The van der Waals surface area contributed by atoms with Crippen molar-refractivity contribution in [1.82, 2.24) is 25.4 Å². The van der Waals surface area contributed by atoms with E-state index in [1.165, 1.54) is 17.4 Å². The number of thiazole rings is 1. The molecule has 1 fully saturated rings. The SMILES string of the molecule is Cc1cnc(-c2cc(OC3CCN(C(=O)OC(C)(C)C)CC3)cc(C(=O)N[C@H](C)c3ccc(C(F)(F)F)nn3)c2)s1. The zero-order chi connectivity index (χ0) is 29.9. The van der Waals surface area contributed by atoms with Gasteiger partial charge in [-0.15, -0.1) is 16.4 Å². The molecule has 0 saturated carbocycles. The zero-order valence-electron chi connectivity index (χ0n) is 23.4. The second kappa shape index (κ2) is 12.0. The van der Waals surface area contributed by atoms with E-state index in [0.29, 0.717) is 47.8 Å². The third kappa shape index (κ3) is 8.15. The third-order valence-corrected chi connectivity index (χ3v) is 7.16. The Morgan fingerprint density at radius 3 is 2.37 bits per heavy atom. The van der Waals surface area contributed by atoms with Crippen molar-refractivity contribution in [3.8, 4) is 16.3 Å². The van der Waals surface area contributed by atoms with E-state index >= 15 is 0 Å². The minimum Gasteiger partial charge on any atom is -0.490 e. The number of benzene rings is 1. The van der Waals surface area contributed by atoms with Gasteiger partial charge in [-0.3, -0.25) is 4.79 Å². The van der Waals surface area contributed by atoms with E-state index in [-0.39, 0.29) is 17.9 Å². The number of piperidine rings is 1. The lowest BCUT2D eigenvalue weighted by Gasteiger charge is -2.33. The molecule has 0 bridgehead atoms. The quantitative estimate of drug-likeness (QED) is 0.364. The topological polar surface area (TPSA) is 107 Å². The maximum Gasteiger partial charge on any atom is 0.435 e. The van der Waals surface area contributed by atoms with Crippen LogP contribution in [0.5, 0.6) is 5.75 Å². The van der Waals surface area contributed by atoms with Gasteiger partial charge in [0.2, 0.25) is 0 Å². The average molecular weight is 592 g/mol. The summed E-state index contributed by atoms with van der Waals surface area (Å²) < 4.78 is 50.2. The highest BCUT2D eigenvalue weighted by Gasteiger charge is 2.33. The Morgan fingerprint density at radius 2 is 1.80 bits per heavy atom. The fraction of sp³-hybridized carbons (Fsp3) is 0.464. The van der Waals surface area contributed by atoms with Gasteiger partial charge in [-0.25, -0.2) is 9.78 Å². The summed E-state index contributed by atoms with van der Waals surface area (Å²) in [5.74, 6) is 0.0112. The standard InChI is InChI=1S/C28H32F3N5O4S/c1-16-15-32-25(41-16)19-12-18(24(37)33-17(2)22-6-7-23(35-34-22)28(29,30)31)13-21(14-19)39-20-8-10-36(11-9-20)26(38)40-27(3,4)5/h6-7,12-15,17,20H,8-11H2,1-5H3,(H,33,37)/t17-/m1/s1. The summed E-state index contributed by atoms with van der Waals surface area (Å²) in [5, 5.41) is 10.4. The van der Waals surface area contributed by atoms with E-state index < -0.39 is 29.4 Å². The van der Waals surface area contributed by atoms with Crippen molar-refractivity contribution in [1.29, 1.82) is 0 Å². The van der Waals surface area contributed by atoms with Crippen LogP contribution in [-0.2, 0) is 10.9 Å². The molecule has 3 aromatic rings. The van der Waals surface area contributed by atoms with Crippen LogP contribution >= 0.6 is 11.3 Å². The molecule has 13 heteroatoms. The van der Waals surface area contributed by atoms with Gasteiger partial charge < -0.3 is 19.7 Å². The van der Waals surface area contributed by atoms with E-state index in [0.717, 1.165) is 10.9 Å². The van der Waals surface area contributed by atoms with Gasteiger partial charge in [-0.1, -0.05) is 0 Å². The van der Waals surface area contributed by atoms with Crippen LogP contribution in [-0.4, -0.2) is 56.9 Å². The van der Waals surface area contributed by atoms with E-state index in [1.807, 2.05) is 33.8 Å². The maximum absolute atomic E-state index is 13.2. The second-order valence-corrected chi connectivity index (χ2v) is 12.1. The van der Waals surface area contributed by atoms with E-state index in [4.69, 9.17) is 9.47 Å². The fourth-order valence-corrected chi connectivity index (χ4v) is 4.92. The summed E-state index contributed by atoms with van der Waals surface area (Å²) in [6.45, 7) is 9.96. The van der Waals surface area contributed by atoms with E-state index in [2.05, 4.69) is 20.5 Å². The first-order chi connectivity index (χ1) is 19.2. The molecule has 1 saturated heterocycles. The number of carbonyl (C=O) groups is 2. The van der Waals surface area contributed by atoms with Gasteiger partial charge in [0.25, 0.3) is 5.91 Å². The van der Waals surface area contributed by atoms with Crippen molar-refractivity contribution in [3.05, 3.63) is 58.4 Å². The highest BCUT2D eigenvalue weighted by atomic mass is 32.1. The number of halogens is 3. The number of ether oxygens (including phenoxy) is 2. The van der Waals surface area contributed by atoms with Crippen LogP contribution in [0.4, 0.5) is 18.0 Å². The molecule has 2 amide bonds. The molecule has 0 unspecified atom stereocenters. The Kier molecular flexibility index (Phi) is 8.86. The largest absolute Gasteiger partial charge is 0.490 e. The molecular weight excluding hydrogens is 559 g/mol. The van der Waals surface area contributed by atoms with Crippen molar-refractivity contribution in [2.24, 2.45) is 0 Å². The number of nitrogens with zero attached hydrogens (tertiary/aromatic N) is 4. The number of carbonyl (C=O) groups excluding carboxylic acids is 2. The van der Waals surface area contributed by atoms with Crippen molar-refractivity contribution >= 4 is 23.3 Å². The number of hydrogen-bond acceptors (Lipinski definition) is 8. The van der Waals surface area contributed by atoms with Crippen LogP contribution in [0.3, 0.4) is 0 Å². The van der Waals surface area contributed by atoms with Crippen LogP contribution in [0.2, 0.25) is 0 Å². The lowest BCUT2D eigenvalue weighted by atomic mass is 10.1. The molecule has 1 aliphatic rings. The third-order valence-electron chi connectivity index (χ3n) is 6.20. The van der Waals surface area contributed by atoms with E-state index in [9.17, 15) is 22.8 Å². The molecule has 41 heavy (non-hydrogen) atoms. The molecular formula is C28H32F3N5O4S. The smallest absolute Gasteiger partial charge is 0.435 e. The van der Waals surface area contributed by atoms with Crippen LogP contribution in [0.25, 0.3) is 10.6 Å². The normalized spacial score (nSPS) is 15.4. The summed E-state index contributed by atoms with van der Waals surface area (Å²) >= 11 is 1.47. The number of alkyl halides is 3. The first kappa shape index (κ1) is 30.2. The first-order valence-electron chi connectivity index (χ1n) is 13.1. The highest BCUT2D eigenvalue weighted by Crippen LogP contribution is 2.31. The predicted octanol–water partition coefficient (Wildman–Crippen LogP) is 6.20. The van der Waals surface area contributed by atoms with Crippen LogP contribution in [0.1, 0.15) is 73.2 Å². The molecule has 1 N–H and O–H groups in total. The first-order valence-corrected chi connectivity index (χ1v) is 13.9. The summed E-state index contributed by atoms with van der Waals surface area (Å²) in [5.41, 5.74) is -0.509. The maximum atomic E-state index is 13.2. The number of hydrogen-bond donors (Lipinski definition) is 1. The minimum atomic E-state index is -4.60. The Labute approximate surface area is 240 Å². The second-order valence-electron chi connectivity index (χ2n) is 10.8. The summed E-state index contributed by atoms with van der Waals surface area (Å²) in [7, 11) is 0. The van der Waals surface area contributed by atoms with Crippen molar-refractivity contribution in [2.75, 3.05) is 13.1 Å². The molecule has 1 aromatic carbocycles. The molecule has 4 rings (SSSR count). The van der Waals surface area contributed by atoms with Crippen molar-refractivity contribution < 1.29 is 32.2 Å². The number of rotatable bonds is 6. The van der Waals surface area contributed by atoms with E-state index in [1.54, 1.807) is 30.2 Å². The monoisotopic (exact) mass is 591 g/mol. The number of nitrogens with one attached hydrogen (secondary N) is 1. The minimum absolute atomic E-state index is 0.181. The molecule has 0 aliphatic carbocycles. The van der Waals surface area contributed by atoms with Gasteiger partial charge in [0, 0.05) is 48.1 Å². The molecule has 1 aliphatic heterocycles. The number of aryl methyl sites for hydroxylation is 1. The predicted molar refractivity (Wildman–Crippen MR) is 147 cm³/mol. The lowest BCUT2D eigenvalue weighted by Crippen LogP contribution is -2.44. The molecule has 0 spiro atoms. The lowest BCUT2D eigenvalue weighted by molar-refractivity contribution is -0.141. The number of likely N-dealkylation sites (tertiary alicyclic amines) is 1. The molecule has 0 radical (unpaired) electrons. The number of amides is 2. The molecule has 1 atom stereocenters. The van der Waals surface area contributed by atoms with Crippen LogP contribution < -0.4 is 10.1 Å². The van der Waals surface area contributed by atoms with Gasteiger partial charge in [-0.2, -0.15) is 18.3 Å². The van der Waals surface area contributed by atoms with Crippen LogP contribution in [0.15, 0.2) is 36.5 Å². The van der Waals surface area contributed by atoms with Gasteiger partial charge >= 0.3 is 12.3 Å². The van der Waals surface area contributed by atoms with Gasteiger partial charge in [0.1, 0.15) is 22.5 Å². The Morgan fingerprint density at radius 1 is 1.10 bits per heavy atom. The molecule has 3 heterocycles. The van der Waals surface area contributed by atoms with Crippen molar-refractivity contribution in [2.45, 2.75) is 71.4 Å². The summed E-state index contributed by atoms with van der Waals surface area (Å²) in [6, 6.07) is 6.44. The highest BCUT2D eigenvalue weighted by molar-refractivity contribution is 7.14. The molecule has 9 nitrogen and oxygen atoms in total. The Balaban J connectivity index is 1.49. The zero-order valence-corrected chi connectivity index (χ0v) is 24.2. The van der Waals surface area contributed by atoms with Gasteiger partial charge in [0.15, 0.2) is 5.69 Å². The van der Waals surface area contributed by atoms with Crippen LogP contribution in [0, 0.1) is 6.92 Å². The Hall–Kier alpha value is -3.74. The Bertz CT molecular complexity index is 1380.